The number of fused-ring (bicyclic) bond motifs is 2. The number of ether oxygens (including phenoxy) is 1. The van der Waals surface area contributed by atoms with Crippen molar-refractivity contribution in [3.63, 3.8) is 0 Å². The topological polar surface area (TPSA) is 96.5 Å². The molecule has 3 aromatic rings. The van der Waals surface area contributed by atoms with Crippen molar-refractivity contribution in [2.45, 2.75) is 26.2 Å². The number of amides is 2. The highest BCUT2D eigenvalue weighted by atomic mass is 16.5. The van der Waals surface area contributed by atoms with Crippen LogP contribution in [0.25, 0.3) is 10.9 Å². The van der Waals surface area contributed by atoms with Crippen LogP contribution in [0.4, 0.5) is 0 Å². The number of para-hydroxylation sites is 1. The van der Waals surface area contributed by atoms with E-state index in [1.165, 1.54) is 0 Å². The Labute approximate surface area is 179 Å². The van der Waals surface area contributed by atoms with E-state index in [4.69, 9.17) is 4.74 Å². The largest absolute Gasteiger partial charge is 0.457 e. The zero-order valence-corrected chi connectivity index (χ0v) is 17.1. The van der Waals surface area contributed by atoms with E-state index < -0.39 is 5.97 Å². The van der Waals surface area contributed by atoms with Crippen molar-refractivity contribution in [3.8, 4) is 0 Å². The third-order valence-corrected chi connectivity index (χ3v) is 5.49. The molecule has 4 rings (SSSR count). The lowest BCUT2D eigenvalue weighted by molar-refractivity contribution is -0.142. The van der Waals surface area contributed by atoms with Crippen molar-refractivity contribution in [2.24, 2.45) is 0 Å². The Morgan fingerprint density at radius 3 is 2.39 bits per heavy atom. The third-order valence-electron chi connectivity index (χ3n) is 5.49. The number of aryl methyl sites for hydroxylation is 1. The number of aromatic amines is 1. The number of ketones is 1. The number of hydrogen-bond acceptors (Lipinski definition) is 5. The molecule has 1 aliphatic rings. The van der Waals surface area contributed by atoms with Crippen LogP contribution in [0.15, 0.2) is 48.7 Å². The molecule has 1 aliphatic heterocycles. The second-order valence-corrected chi connectivity index (χ2v) is 7.39. The fourth-order valence-electron chi connectivity index (χ4n) is 3.86. The van der Waals surface area contributed by atoms with Crippen LogP contribution < -0.4 is 0 Å². The van der Waals surface area contributed by atoms with Crippen LogP contribution in [0, 0.1) is 0 Å². The van der Waals surface area contributed by atoms with E-state index in [2.05, 4.69) is 4.98 Å². The summed E-state index contributed by atoms with van der Waals surface area (Å²) >= 11 is 0. The average Bonchev–Trinajstić information content (AvgIpc) is 3.33. The quantitative estimate of drug-likeness (QED) is 0.343. The molecule has 31 heavy (non-hydrogen) atoms. The molecule has 0 radical (unpaired) electrons. The van der Waals surface area contributed by atoms with E-state index in [0.717, 1.165) is 27.8 Å². The minimum absolute atomic E-state index is 0.00848. The average molecular weight is 418 g/mol. The van der Waals surface area contributed by atoms with E-state index in [9.17, 15) is 19.2 Å². The number of H-pyrrole nitrogens is 1. The second-order valence-electron chi connectivity index (χ2n) is 7.39. The predicted molar refractivity (Wildman–Crippen MR) is 114 cm³/mol. The number of aromatic nitrogens is 1. The van der Waals surface area contributed by atoms with Crippen LogP contribution in [0.1, 0.15) is 56.4 Å². The van der Waals surface area contributed by atoms with Crippen LogP contribution in [-0.2, 0) is 16.0 Å². The van der Waals surface area contributed by atoms with Crippen molar-refractivity contribution in [2.75, 3.05) is 13.2 Å². The Bertz CT molecular complexity index is 1160. The minimum Gasteiger partial charge on any atom is -0.457 e. The normalized spacial score (nSPS) is 13.0. The Morgan fingerprint density at radius 2 is 1.71 bits per heavy atom. The van der Waals surface area contributed by atoms with Gasteiger partial charge in [-0.3, -0.25) is 24.1 Å². The van der Waals surface area contributed by atoms with Crippen LogP contribution in [-0.4, -0.2) is 46.6 Å². The Kier molecular flexibility index (Phi) is 5.66. The van der Waals surface area contributed by atoms with Crippen molar-refractivity contribution < 1.29 is 23.9 Å². The van der Waals surface area contributed by atoms with Gasteiger partial charge in [-0.05, 0) is 30.5 Å². The molecule has 158 valence electrons. The van der Waals surface area contributed by atoms with Gasteiger partial charge in [-0.25, -0.2) is 0 Å². The first-order valence-electron chi connectivity index (χ1n) is 10.2. The van der Waals surface area contributed by atoms with Crippen molar-refractivity contribution in [1.29, 1.82) is 0 Å². The standard InChI is InChI=1S/C24H22N2O5/c1-2-15-7-5-10-16-19(13-25-22(15)16)20(27)14-31-21(28)11-6-12-26-23(29)17-8-3-4-9-18(17)24(26)30/h3-5,7-10,13,25H,2,6,11-12,14H2,1H3. The van der Waals surface area contributed by atoms with E-state index in [1.807, 2.05) is 25.1 Å². The summed E-state index contributed by atoms with van der Waals surface area (Å²) in [6.45, 7) is 1.81. The number of benzene rings is 2. The maximum absolute atomic E-state index is 12.5. The smallest absolute Gasteiger partial charge is 0.306 e. The third kappa shape index (κ3) is 3.86. The lowest BCUT2D eigenvalue weighted by atomic mass is 10.1. The van der Waals surface area contributed by atoms with Crippen molar-refractivity contribution in [3.05, 3.63) is 70.9 Å². The highest BCUT2D eigenvalue weighted by Crippen LogP contribution is 2.24. The molecule has 0 spiro atoms. The molecule has 0 atom stereocenters. The molecule has 0 fully saturated rings. The van der Waals surface area contributed by atoms with Gasteiger partial charge in [-0.1, -0.05) is 37.3 Å². The molecule has 7 nitrogen and oxygen atoms in total. The van der Waals surface area contributed by atoms with E-state index in [-0.39, 0.29) is 43.6 Å². The highest BCUT2D eigenvalue weighted by Gasteiger charge is 2.34. The van der Waals surface area contributed by atoms with Gasteiger partial charge in [0.15, 0.2) is 6.61 Å². The van der Waals surface area contributed by atoms with Crippen molar-refractivity contribution >= 4 is 34.5 Å². The Hall–Kier alpha value is -3.74. The van der Waals surface area contributed by atoms with Gasteiger partial charge in [0.1, 0.15) is 0 Å². The van der Waals surface area contributed by atoms with E-state index >= 15 is 0 Å². The predicted octanol–water partition coefficient (Wildman–Crippen LogP) is 3.53. The lowest BCUT2D eigenvalue weighted by Gasteiger charge is -2.13. The molecule has 0 unspecified atom stereocenters. The first-order chi connectivity index (χ1) is 15.0. The van der Waals surface area contributed by atoms with Gasteiger partial charge < -0.3 is 9.72 Å². The maximum Gasteiger partial charge on any atom is 0.306 e. The molecule has 2 heterocycles. The van der Waals surface area contributed by atoms with Gasteiger partial charge in [0.25, 0.3) is 11.8 Å². The zero-order valence-electron chi connectivity index (χ0n) is 17.1. The van der Waals surface area contributed by atoms with Gasteiger partial charge in [0.05, 0.1) is 11.1 Å². The highest BCUT2D eigenvalue weighted by molar-refractivity contribution is 6.21. The Morgan fingerprint density at radius 1 is 1.00 bits per heavy atom. The van der Waals surface area contributed by atoms with Crippen molar-refractivity contribution in [1.82, 2.24) is 9.88 Å². The fourth-order valence-corrected chi connectivity index (χ4v) is 3.86. The first kappa shape index (κ1) is 20.5. The number of carbonyl (C=O) groups is 4. The summed E-state index contributed by atoms with van der Waals surface area (Å²) in [4.78, 5) is 53.5. The number of esters is 1. The molecular weight excluding hydrogens is 396 g/mol. The molecule has 0 bridgehead atoms. The fraction of sp³-hybridized carbons (Fsp3) is 0.250. The number of nitrogens with one attached hydrogen (secondary N) is 1. The van der Waals surface area contributed by atoms with Gasteiger partial charge >= 0.3 is 5.97 Å². The summed E-state index contributed by atoms with van der Waals surface area (Å²) in [5.41, 5.74) is 3.28. The molecule has 0 aliphatic carbocycles. The van der Waals surface area contributed by atoms with Crippen LogP contribution in [0.5, 0.6) is 0 Å². The van der Waals surface area contributed by atoms with Gasteiger partial charge in [-0.2, -0.15) is 0 Å². The Balaban J connectivity index is 1.28. The number of nitrogens with zero attached hydrogens (tertiary/aromatic N) is 1. The summed E-state index contributed by atoms with van der Waals surface area (Å²) in [5.74, 6) is -1.53. The lowest BCUT2D eigenvalue weighted by Crippen LogP contribution is -2.31. The summed E-state index contributed by atoms with van der Waals surface area (Å²) in [6, 6.07) is 12.4. The summed E-state index contributed by atoms with van der Waals surface area (Å²) in [7, 11) is 0. The van der Waals surface area contributed by atoms with Gasteiger partial charge in [-0.15, -0.1) is 0 Å². The van der Waals surface area contributed by atoms with E-state index in [1.54, 1.807) is 30.5 Å². The molecular formula is C24H22N2O5. The zero-order chi connectivity index (χ0) is 22.0. The number of imide groups is 1. The number of rotatable bonds is 8. The van der Waals surface area contributed by atoms with E-state index in [0.29, 0.717) is 16.7 Å². The van der Waals surface area contributed by atoms with Crippen LogP contribution in [0.2, 0.25) is 0 Å². The number of Topliss-reactive ketones (excluding diaryl/α,β-unsaturated/α-hetero) is 1. The molecule has 2 aromatic carbocycles. The molecule has 1 N–H and O–H groups in total. The molecule has 0 saturated carbocycles. The molecule has 1 aromatic heterocycles. The molecule has 0 saturated heterocycles. The number of hydrogen-bond donors (Lipinski definition) is 1. The second kappa shape index (κ2) is 8.55. The molecule has 7 heteroatoms. The summed E-state index contributed by atoms with van der Waals surface area (Å²) < 4.78 is 5.12. The van der Waals surface area contributed by atoms with Gasteiger partial charge in [0.2, 0.25) is 5.78 Å². The summed E-state index contributed by atoms with van der Waals surface area (Å²) in [6.07, 6.45) is 2.76. The monoisotopic (exact) mass is 418 g/mol. The van der Waals surface area contributed by atoms with Crippen LogP contribution >= 0.6 is 0 Å². The number of carbonyl (C=O) groups excluding carboxylic acids is 4. The molecule has 2 amide bonds. The first-order valence-corrected chi connectivity index (χ1v) is 10.2. The SMILES string of the molecule is CCc1cccc2c(C(=O)COC(=O)CCCN3C(=O)c4ccccc4C3=O)c[nH]c12. The summed E-state index contributed by atoms with van der Waals surface area (Å²) in [5, 5.41) is 0.811. The van der Waals surface area contributed by atoms with Gasteiger partial charge in [0, 0.05) is 35.6 Å². The van der Waals surface area contributed by atoms with Crippen LogP contribution in [0.3, 0.4) is 0 Å². The maximum atomic E-state index is 12.5. The minimum atomic E-state index is -0.543.